The molecule has 2 aromatic heterocycles. The van der Waals surface area contributed by atoms with E-state index in [1.165, 1.54) is 0 Å². The van der Waals surface area contributed by atoms with Gasteiger partial charge in [0.1, 0.15) is 17.2 Å². The summed E-state index contributed by atoms with van der Waals surface area (Å²) in [6.07, 6.45) is 3.37. The van der Waals surface area contributed by atoms with Gasteiger partial charge in [-0.25, -0.2) is 14.8 Å². The van der Waals surface area contributed by atoms with Gasteiger partial charge >= 0.3 is 5.69 Å². The van der Waals surface area contributed by atoms with Gasteiger partial charge in [0.15, 0.2) is 5.82 Å². The fraction of sp³-hybridized carbons (Fsp3) is 0.136. The van der Waals surface area contributed by atoms with Gasteiger partial charge in [0, 0.05) is 4.47 Å². The summed E-state index contributed by atoms with van der Waals surface area (Å²) < 4.78 is 4.68. The predicted octanol–water partition coefficient (Wildman–Crippen LogP) is 4.29. The van der Waals surface area contributed by atoms with Crippen molar-refractivity contribution in [1.29, 1.82) is 0 Å². The smallest absolute Gasteiger partial charge is 0.327 e. The zero-order chi connectivity index (χ0) is 20.7. The van der Waals surface area contributed by atoms with Crippen molar-refractivity contribution in [3.05, 3.63) is 86.5 Å². The third kappa shape index (κ3) is 3.29. The van der Waals surface area contributed by atoms with Crippen LogP contribution in [0.5, 0.6) is 0 Å². The molecule has 0 bridgehead atoms. The van der Waals surface area contributed by atoms with Crippen LogP contribution in [0.4, 0.5) is 11.6 Å². The number of benzene rings is 2. The zero-order valence-electron chi connectivity index (χ0n) is 16.3. The molecular formula is C22H19BrN6O. The molecule has 30 heavy (non-hydrogen) atoms. The Bertz CT molecular complexity index is 1330. The number of rotatable bonds is 4. The fourth-order valence-corrected chi connectivity index (χ4v) is 4.11. The molecule has 0 radical (unpaired) electrons. The molecule has 2 aromatic carbocycles. The summed E-state index contributed by atoms with van der Waals surface area (Å²) in [6, 6.07) is 16.2. The highest BCUT2D eigenvalue weighted by atomic mass is 79.9. The van der Waals surface area contributed by atoms with E-state index in [0.29, 0.717) is 36.1 Å². The second-order valence-electron chi connectivity index (χ2n) is 7.27. The molecule has 0 saturated heterocycles. The number of imidazole rings is 2. The molecule has 0 fully saturated rings. The number of anilines is 1. The summed E-state index contributed by atoms with van der Waals surface area (Å²) in [7, 11) is 0. The quantitative estimate of drug-likeness (QED) is 0.474. The minimum Gasteiger partial charge on any atom is -0.330 e. The highest BCUT2D eigenvalue weighted by molar-refractivity contribution is 9.10. The summed E-state index contributed by atoms with van der Waals surface area (Å²) in [6.45, 7) is 3.11. The molecule has 7 nitrogen and oxygen atoms in total. The largest absolute Gasteiger partial charge is 0.330 e. The van der Waals surface area contributed by atoms with Crippen molar-refractivity contribution in [1.82, 2.24) is 19.1 Å². The standard InChI is InChI=1S/C22H19BrN6O/c1-14-5-4-6-15(9-14)10-29-21-19(27-22(29)30)18-20(24-12-25-21)28(13-26-18)11-16-7-2-3-8-17(16)23/h2-9,12-13H,10-11H2,1H3,(H,24,25)(H,27,30). The monoisotopic (exact) mass is 462 g/mol. The van der Waals surface area contributed by atoms with Gasteiger partial charge in [0.2, 0.25) is 0 Å². The van der Waals surface area contributed by atoms with E-state index in [1.807, 2.05) is 47.9 Å². The number of hydrogen-bond donors (Lipinski definition) is 2. The number of H-pyrrole nitrogens is 1. The molecule has 0 saturated carbocycles. The van der Waals surface area contributed by atoms with Crippen LogP contribution < -0.4 is 11.0 Å². The molecule has 0 spiro atoms. The van der Waals surface area contributed by atoms with Crippen LogP contribution in [-0.2, 0) is 13.1 Å². The molecule has 8 heteroatoms. The molecule has 150 valence electrons. The van der Waals surface area contributed by atoms with Crippen LogP contribution in [0.1, 0.15) is 16.7 Å². The molecule has 0 unspecified atom stereocenters. The van der Waals surface area contributed by atoms with Gasteiger partial charge in [-0.15, -0.1) is 0 Å². The maximum atomic E-state index is 12.7. The Balaban J connectivity index is 1.55. The average molecular weight is 463 g/mol. The van der Waals surface area contributed by atoms with Crippen LogP contribution >= 0.6 is 15.9 Å². The number of aromatic nitrogens is 4. The van der Waals surface area contributed by atoms with Gasteiger partial charge in [0.25, 0.3) is 0 Å². The van der Waals surface area contributed by atoms with Gasteiger partial charge < -0.3 is 14.9 Å². The van der Waals surface area contributed by atoms with E-state index >= 15 is 0 Å². The highest BCUT2D eigenvalue weighted by Gasteiger charge is 2.23. The zero-order valence-corrected chi connectivity index (χ0v) is 17.8. The molecule has 1 aliphatic rings. The lowest BCUT2D eigenvalue weighted by atomic mass is 10.1. The number of halogens is 1. The Kier molecular flexibility index (Phi) is 4.63. The van der Waals surface area contributed by atoms with Crippen molar-refractivity contribution in [3.63, 3.8) is 0 Å². The topological polar surface area (TPSA) is 80.0 Å². The predicted molar refractivity (Wildman–Crippen MR) is 122 cm³/mol. The molecule has 0 atom stereocenters. The molecule has 3 heterocycles. The SMILES string of the molecule is Cc1cccc(Cn2c3c([nH]c2=O)-c2ncn(Cc4ccccc4Br)c2N=CN3)c1. The molecule has 1 aliphatic heterocycles. The van der Waals surface area contributed by atoms with Crippen LogP contribution in [0.15, 0.2) is 69.1 Å². The summed E-state index contributed by atoms with van der Waals surface area (Å²) in [5, 5.41) is 3.16. The van der Waals surface area contributed by atoms with Crippen molar-refractivity contribution in [2.24, 2.45) is 4.99 Å². The van der Waals surface area contributed by atoms with Crippen LogP contribution in [0.25, 0.3) is 11.4 Å². The summed E-state index contributed by atoms with van der Waals surface area (Å²) in [5.74, 6) is 1.36. The van der Waals surface area contributed by atoms with Crippen molar-refractivity contribution < 1.29 is 0 Å². The number of fused-ring (bicyclic) bond motifs is 3. The summed E-state index contributed by atoms with van der Waals surface area (Å²) in [4.78, 5) is 24.8. The normalized spacial score (nSPS) is 12.2. The van der Waals surface area contributed by atoms with Gasteiger partial charge in [-0.2, -0.15) is 0 Å². The van der Waals surface area contributed by atoms with Crippen molar-refractivity contribution in [2.45, 2.75) is 20.0 Å². The van der Waals surface area contributed by atoms with Gasteiger partial charge in [0.05, 0.1) is 25.8 Å². The van der Waals surface area contributed by atoms with Crippen LogP contribution in [0.2, 0.25) is 0 Å². The molecular weight excluding hydrogens is 444 g/mol. The average Bonchev–Trinajstić information content (AvgIpc) is 3.19. The minimum atomic E-state index is -0.185. The molecule has 5 rings (SSSR count). The van der Waals surface area contributed by atoms with E-state index in [9.17, 15) is 4.79 Å². The summed E-state index contributed by atoms with van der Waals surface area (Å²) in [5.41, 5.74) is 4.45. The van der Waals surface area contributed by atoms with E-state index in [-0.39, 0.29) is 5.69 Å². The first-order chi connectivity index (χ1) is 14.6. The molecule has 0 amide bonds. The number of aliphatic imine (C=N–C) groups is 1. The van der Waals surface area contributed by atoms with Crippen molar-refractivity contribution in [3.8, 4) is 11.4 Å². The third-order valence-corrected chi connectivity index (χ3v) is 5.91. The maximum absolute atomic E-state index is 12.7. The number of nitrogens with zero attached hydrogens (tertiary/aromatic N) is 4. The Hall–Kier alpha value is -3.39. The molecule has 0 aliphatic carbocycles. The fourth-order valence-electron chi connectivity index (χ4n) is 3.70. The van der Waals surface area contributed by atoms with Crippen LogP contribution in [-0.4, -0.2) is 25.4 Å². The lowest BCUT2D eigenvalue weighted by Crippen LogP contribution is -2.19. The van der Waals surface area contributed by atoms with Gasteiger partial charge in [-0.05, 0) is 24.1 Å². The Morgan fingerprint density at radius 2 is 1.97 bits per heavy atom. The second kappa shape index (κ2) is 7.46. The van der Waals surface area contributed by atoms with E-state index in [4.69, 9.17) is 0 Å². The summed E-state index contributed by atoms with van der Waals surface area (Å²) >= 11 is 3.59. The molecule has 2 N–H and O–H groups in total. The first kappa shape index (κ1) is 18.6. The number of aromatic amines is 1. The lowest BCUT2D eigenvalue weighted by Gasteiger charge is -2.08. The van der Waals surface area contributed by atoms with Crippen LogP contribution in [0, 0.1) is 6.92 Å². The number of nitrogens with one attached hydrogen (secondary N) is 2. The van der Waals surface area contributed by atoms with E-state index in [1.54, 1.807) is 17.2 Å². The number of hydrogen-bond acceptors (Lipinski definition) is 4. The number of aryl methyl sites for hydroxylation is 1. The van der Waals surface area contributed by atoms with Crippen molar-refractivity contribution in [2.75, 3.05) is 5.32 Å². The van der Waals surface area contributed by atoms with E-state index < -0.39 is 0 Å². The van der Waals surface area contributed by atoms with Crippen LogP contribution in [0.3, 0.4) is 0 Å². The van der Waals surface area contributed by atoms with E-state index in [0.717, 1.165) is 21.2 Å². The van der Waals surface area contributed by atoms with Gasteiger partial charge in [-0.1, -0.05) is 64.0 Å². The minimum absolute atomic E-state index is 0.185. The Labute approximate surface area is 181 Å². The highest BCUT2D eigenvalue weighted by Crippen LogP contribution is 2.35. The van der Waals surface area contributed by atoms with Crippen molar-refractivity contribution >= 4 is 33.9 Å². The third-order valence-electron chi connectivity index (χ3n) is 5.14. The first-order valence-electron chi connectivity index (χ1n) is 9.56. The van der Waals surface area contributed by atoms with Gasteiger partial charge in [-0.3, -0.25) is 4.57 Å². The Morgan fingerprint density at radius 3 is 2.80 bits per heavy atom. The van der Waals surface area contributed by atoms with E-state index in [2.05, 4.69) is 48.3 Å². The Morgan fingerprint density at radius 1 is 1.10 bits per heavy atom. The maximum Gasteiger partial charge on any atom is 0.327 e. The second-order valence-corrected chi connectivity index (χ2v) is 8.12. The lowest BCUT2D eigenvalue weighted by molar-refractivity contribution is 0.770. The molecule has 4 aromatic rings. The first-order valence-corrected chi connectivity index (χ1v) is 10.4.